The van der Waals surface area contributed by atoms with Crippen molar-refractivity contribution in [2.75, 3.05) is 19.8 Å². The maximum Gasteiger partial charge on any atom is 0.306 e. The van der Waals surface area contributed by atoms with Crippen molar-refractivity contribution < 1.29 is 19.4 Å². The molecular formula is C53H100O4. The third kappa shape index (κ3) is 48.9. The minimum Gasteiger partial charge on any atom is -0.457 e. The topological polar surface area (TPSA) is 55.8 Å². The van der Waals surface area contributed by atoms with Crippen LogP contribution in [0.5, 0.6) is 0 Å². The van der Waals surface area contributed by atoms with Crippen LogP contribution in [0.2, 0.25) is 0 Å². The summed E-state index contributed by atoms with van der Waals surface area (Å²) in [6.45, 7) is 5.34. The average molecular weight is 801 g/mol. The maximum atomic E-state index is 12.3. The van der Waals surface area contributed by atoms with Gasteiger partial charge in [-0.2, -0.15) is 0 Å². The number of aliphatic hydroxyl groups is 1. The lowest BCUT2D eigenvalue weighted by Gasteiger charge is -2.16. The van der Waals surface area contributed by atoms with E-state index in [2.05, 4.69) is 50.3 Å². The molecule has 0 saturated heterocycles. The second-order valence-corrected chi connectivity index (χ2v) is 17.2. The zero-order chi connectivity index (χ0) is 41.2. The Morgan fingerprint density at radius 2 is 0.737 bits per heavy atom. The fourth-order valence-electron chi connectivity index (χ4n) is 7.63. The van der Waals surface area contributed by atoms with Gasteiger partial charge in [-0.15, -0.1) is 0 Å². The maximum absolute atomic E-state index is 12.3. The molecule has 4 nitrogen and oxygen atoms in total. The first kappa shape index (κ1) is 55.6. The minimum atomic E-state index is -0.538. The molecule has 0 heterocycles. The Balaban J connectivity index is 3.38. The van der Waals surface area contributed by atoms with E-state index in [4.69, 9.17) is 9.47 Å². The summed E-state index contributed by atoms with van der Waals surface area (Å²) >= 11 is 0. The van der Waals surface area contributed by atoms with Crippen molar-refractivity contribution >= 4 is 5.97 Å². The van der Waals surface area contributed by atoms with Gasteiger partial charge in [-0.25, -0.2) is 0 Å². The van der Waals surface area contributed by atoms with Crippen LogP contribution in [-0.2, 0) is 14.3 Å². The molecule has 0 spiro atoms. The van der Waals surface area contributed by atoms with Gasteiger partial charge in [-0.1, -0.05) is 249 Å². The molecule has 1 atom stereocenters. The van der Waals surface area contributed by atoms with Gasteiger partial charge in [0.2, 0.25) is 0 Å². The molecule has 0 aromatic rings. The zero-order valence-electron chi connectivity index (χ0n) is 38.6. The van der Waals surface area contributed by atoms with Crippen molar-refractivity contribution in [3.63, 3.8) is 0 Å². The van der Waals surface area contributed by atoms with Gasteiger partial charge in [0.1, 0.15) is 6.10 Å². The molecule has 336 valence electrons. The highest BCUT2D eigenvalue weighted by Crippen LogP contribution is 2.16. The quantitative estimate of drug-likeness (QED) is 0.0378. The van der Waals surface area contributed by atoms with Crippen LogP contribution in [0.4, 0.5) is 0 Å². The number of rotatable bonds is 48. The number of carbonyl (C=O) groups is 1. The van der Waals surface area contributed by atoms with Crippen molar-refractivity contribution in [1.29, 1.82) is 0 Å². The van der Waals surface area contributed by atoms with Crippen molar-refractivity contribution in [2.24, 2.45) is 0 Å². The van der Waals surface area contributed by atoms with Gasteiger partial charge < -0.3 is 14.6 Å². The summed E-state index contributed by atoms with van der Waals surface area (Å²) in [5.41, 5.74) is 0. The smallest absolute Gasteiger partial charge is 0.306 e. The lowest BCUT2D eigenvalue weighted by Crippen LogP contribution is -2.27. The van der Waals surface area contributed by atoms with Crippen LogP contribution in [0.3, 0.4) is 0 Å². The summed E-state index contributed by atoms with van der Waals surface area (Å²) in [7, 11) is 0. The molecule has 0 aromatic heterocycles. The number of unbranched alkanes of at least 4 members (excludes halogenated alkanes) is 34. The van der Waals surface area contributed by atoms with E-state index < -0.39 is 6.10 Å². The second kappa shape index (κ2) is 50.8. The van der Waals surface area contributed by atoms with Crippen molar-refractivity contribution in [3.05, 3.63) is 36.5 Å². The van der Waals surface area contributed by atoms with Crippen LogP contribution >= 0.6 is 0 Å². The Labute approximate surface area is 357 Å². The predicted octanol–water partition coefficient (Wildman–Crippen LogP) is 17.2. The normalized spacial score (nSPS) is 12.5. The third-order valence-electron chi connectivity index (χ3n) is 11.5. The molecule has 4 heteroatoms. The SMILES string of the molecule is CCCCC/C=C\C/C=C\C/C=C\CCCCCCCCCOCC(CO)OC(=O)CCCCCCCCCCCCCCCCCCCCCCCCCCC. The van der Waals surface area contributed by atoms with E-state index in [0.29, 0.717) is 19.6 Å². The standard InChI is InChI=1S/C53H100O4/c1-3-5-7-9-11-13-15-17-19-21-23-25-26-27-28-29-30-32-34-36-38-40-42-44-46-48-53(55)57-52(50-54)51-56-49-47-45-43-41-39-37-35-33-31-24-22-20-18-16-14-12-10-8-6-4-2/h12,14,18,20,24,31,52,54H,3-11,13,15-17,19,21-23,25-30,32-51H2,1-2H3/b14-12-,20-18-,31-24-. The summed E-state index contributed by atoms with van der Waals surface area (Å²) in [4.78, 5) is 12.3. The Morgan fingerprint density at radius 1 is 0.421 bits per heavy atom. The molecule has 57 heavy (non-hydrogen) atoms. The minimum absolute atomic E-state index is 0.173. The molecule has 1 unspecified atom stereocenters. The summed E-state index contributed by atoms with van der Waals surface area (Å²) < 4.78 is 11.2. The molecule has 0 amide bonds. The molecule has 0 fully saturated rings. The summed E-state index contributed by atoms with van der Waals surface area (Å²) in [6, 6.07) is 0. The average Bonchev–Trinajstić information content (AvgIpc) is 3.22. The second-order valence-electron chi connectivity index (χ2n) is 17.2. The molecule has 1 N–H and O–H groups in total. The first-order valence-electron chi connectivity index (χ1n) is 25.6. The largest absolute Gasteiger partial charge is 0.457 e. The van der Waals surface area contributed by atoms with Gasteiger partial charge in [0.05, 0.1) is 13.2 Å². The van der Waals surface area contributed by atoms with Crippen LogP contribution in [-0.4, -0.2) is 37.0 Å². The third-order valence-corrected chi connectivity index (χ3v) is 11.5. The van der Waals surface area contributed by atoms with Crippen molar-refractivity contribution in [1.82, 2.24) is 0 Å². The van der Waals surface area contributed by atoms with Crippen LogP contribution < -0.4 is 0 Å². The van der Waals surface area contributed by atoms with E-state index in [9.17, 15) is 9.90 Å². The number of hydrogen-bond acceptors (Lipinski definition) is 4. The molecule has 0 radical (unpaired) electrons. The summed E-state index contributed by atoms with van der Waals surface area (Å²) in [6.07, 6.45) is 65.2. The molecule has 0 aromatic carbocycles. The first-order valence-corrected chi connectivity index (χ1v) is 25.6. The van der Waals surface area contributed by atoms with E-state index in [1.165, 1.54) is 218 Å². The number of ether oxygens (including phenoxy) is 2. The predicted molar refractivity (Wildman–Crippen MR) is 251 cm³/mol. The van der Waals surface area contributed by atoms with Crippen molar-refractivity contribution in [2.45, 2.75) is 277 Å². The Morgan fingerprint density at radius 3 is 1.14 bits per heavy atom. The fraction of sp³-hybridized carbons (Fsp3) is 0.868. The van der Waals surface area contributed by atoms with Crippen LogP contribution in [0.15, 0.2) is 36.5 Å². The van der Waals surface area contributed by atoms with Gasteiger partial charge >= 0.3 is 5.97 Å². The highest BCUT2D eigenvalue weighted by Gasteiger charge is 2.13. The highest BCUT2D eigenvalue weighted by molar-refractivity contribution is 5.69. The number of carbonyl (C=O) groups excluding carboxylic acids is 1. The molecular weight excluding hydrogens is 701 g/mol. The number of hydrogen-bond donors (Lipinski definition) is 1. The molecule has 0 aliphatic heterocycles. The van der Waals surface area contributed by atoms with E-state index in [-0.39, 0.29) is 12.6 Å². The van der Waals surface area contributed by atoms with Gasteiger partial charge in [-0.05, 0) is 51.4 Å². The first-order chi connectivity index (χ1) is 28.2. The zero-order valence-corrected chi connectivity index (χ0v) is 38.6. The van der Waals surface area contributed by atoms with Crippen LogP contribution in [0, 0.1) is 0 Å². The number of aliphatic hydroxyl groups excluding tert-OH is 1. The van der Waals surface area contributed by atoms with Crippen LogP contribution in [0.25, 0.3) is 0 Å². The molecule has 0 aliphatic rings. The summed E-state index contributed by atoms with van der Waals surface area (Å²) in [5.74, 6) is -0.199. The van der Waals surface area contributed by atoms with Gasteiger partial charge in [0.25, 0.3) is 0 Å². The Hall–Kier alpha value is -1.39. The Kier molecular flexibility index (Phi) is 49.5. The lowest BCUT2D eigenvalue weighted by molar-refractivity contribution is -0.154. The van der Waals surface area contributed by atoms with Crippen LogP contribution in [0.1, 0.15) is 271 Å². The molecule has 0 saturated carbocycles. The highest BCUT2D eigenvalue weighted by atomic mass is 16.6. The van der Waals surface area contributed by atoms with E-state index in [1.807, 2.05) is 0 Å². The number of esters is 1. The van der Waals surface area contributed by atoms with Gasteiger partial charge in [0.15, 0.2) is 0 Å². The lowest BCUT2D eigenvalue weighted by atomic mass is 10.0. The van der Waals surface area contributed by atoms with E-state index in [0.717, 1.165) is 32.1 Å². The summed E-state index contributed by atoms with van der Waals surface area (Å²) in [5, 5.41) is 9.65. The number of allylic oxidation sites excluding steroid dienone is 6. The molecule has 0 aliphatic carbocycles. The Bertz CT molecular complexity index is 848. The van der Waals surface area contributed by atoms with E-state index >= 15 is 0 Å². The van der Waals surface area contributed by atoms with Crippen molar-refractivity contribution in [3.8, 4) is 0 Å². The monoisotopic (exact) mass is 801 g/mol. The molecule has 0 rings (SSSR count). The fourth-order valence-corrected chi connectivity index (χ4v) is 7.63. The van der Waals surface area contributed by atoms with E-state index in [1.54, 1.807) is 0 Å². The molecule has 0 bridgehead atoms. The van der Waals surface area contributed by atoms with Gasteiger partial charge in [0, 0.05) is 13.0 Å². The van der Waals surface area contributed by atoms with Gasteiger partial charge in [-0.3, -0.25) is 4.79 Å².